The Kier molecular flexibility index (Phi) is 4.77. The molecule has 1 heterocycles. The molecule has 1 N–H and O–H groups in total. The minimum Gasteiger partial charge on any atom is -0.476 e. The van der Waals surface area contributed by atoms with Gasteiger partial charge in [-0.3, -0.25) is 4.79 Å². The van der Waals surface area contributed by atoms with Crippen molar-refractivity contribution < 1.29 is 14.1 Å². The molecule has 1 unspecified atom stereocenters. The summed E-state index contributed by atoms with van der Waals surface area (Å²) in [5, 5.41) is 15.5. The van der Waals surface area contributed by atoms with E-state index in [-0.39, 0.29) is 5.91 Å². The van der Waals surface area contributed by atoms with Crippen molar-refractivity contribution in [2.24, 2.45) is 0 Å². The Labute approximate surface area is 144 Å². The molecule has 0 fully saturated rings. The lowest BCUT2D eigenvalue weighted by Gasteiger charge is -2.18. The molecule has 1 amide bonds. The third-order valence-electron chi connectivity index (χ3n) is 3.44. The second-order valence-corrected chi connectivity index (χ2v) is 5.36. The maximum absolute atomic E-state index is 12.7. The Morgan fingerprint density at radius 2 is 2.00 bits per heavy atom. The molecule has 0 aliphatic rings. The van der Waals surface area contributed by atoms with E-state index in [1.807, 2.05) is 24.3 Å². The van der Waals surface area contributed by atoms with Crippen LogP contribution in [0.2, 0.25) is 0 Å². The van der Waals surface area contributed by atoms with E-state index in [9.17, 15) is 4.79 Å². The van der Waals surface area contributed by atoms with Crippen LogP contribution in [0, 0.1) is 18.3 Å². The van der Waals surface area contributed by atoms with Gasteiger partial charge in [-0.15, -0.1) is 0 Å². The Morgan fingerprint density at radius 3 is 2.68 bits per heavy atom. The second-order valence-electron chi connectivity index (χ2n) is 5.36. The summed E-state index contributed by atoms with van der Waals surface area (Å²) in [6.07, 6.45) is -0.896. The van der Waals surface area contributed by atoms with Gasteiger partial charge in [0, 0.05) is 11.6 Å². The lowest BCUT2D eigenvalue weighted by Crippen LogP contribution is -2.25. The first-order valence-electron chi connectivity index (χ1n) is 7.61. The van der Waals surface area contributed by atoms with E-state index in [1.165, 1.54) is 0 Å². The quantitative estimate of drug-likeness (QED) is 0.770. The molecular formula is C19H15N3O3. The summed E-state index contributed by atoms with van der Waals surface area (Å²) >= 11 is 0. The van der Waals surface area contributed by atoms with Crippen molar-refractivity contribution in [2.75, 3.05) is 5.32 Å². The van der Waals surface area contributed by atoms with Crippen LogP contribution in [0.1, 0.15) is 23.0 Å². The van der Waals surface area contributed by atoms with Crippen molar-refractivity contribution in [3.8, 4) is 11.8 Å². The molecule has 3 aromatic rings. The molecular weight excluding hydrogens is 318 g/mol. The number of benzene rings is 2. The van der Waals surface area contributed by atoms with Gasteiger partial charge in [-0.1, -0.05) is 41.6 Å². The third kappa shape index (κ3) is 4.03. The van der Waals surface area contributed by atoms with Crippen molar-refractivity contribution in [2.45, 2.75) is 13.0 Å². The summed E-state index contributed by atoms with van der Waals surface area (Å²) in [7, 11) is 0. The van der Waals surface area contributed by atoms with Gasteiger partial charge in [0.2, 0.25) is 6.10 Å². The molecule has 2 aromatic carbocycles. The molecule has 0 saturated carbocycles. The molecule has 0 bridgehead atoms. The molecule has 0 aliphatic carbocycles. The van der Waals surface area contributed by atoms with Crippen molar-refractivity contribution in [1.82, 2.24) is 5.16 Å². The lowest BCUT2D eigenvalue weighted by molar-refractivity contribution is -0.123. The zero-order valence-electron chi connectivity index (χ0n) is 13.5. The third-order valence-corrected chi connectivity index (χ3v) is 3.44. The van der Waals surface area contributed by atoms with E-state index in [0.717, 1.165) is 0 Å². The highest BCUT2D eigenvalue weighted by molar-refractivity contribution is 5.94. The van der Waals surface area contributed by atoms with E-state index in [2.05, 4.69) is 10.5 Å². The summed E-state index contributed by atoms with van der Waals surface area (Å²) in [5.41, 5.74) is 1.14. The minimum atomic E-state index is -0.896. The number of nitriles is 1. The predicted octanol–water partition coefficient (Wildman–Crippen LogP) is 3.61. The zero-order valence-corrected chi connectivity index (χ0v) is 13.5. The van der Waals surface area contributed by atoms with Gasteiger partial charge in [-0.05, 0) is 25.1 Å². The number of aryl methyl sites for hydroxylation is 1. The number of carbonyl (C=O) groups is 1. The Bertz CT molecular complexity index is 913. The minimum absolute atomic E-state index is 0.317. The molecule has 0 aliphatic heterocycles. The van der Waals surface area contributed by atoms with Gasteiger partial charge in [0.15, 0.2) is 5.82 Å². The van der Waals surface area contributed by atoms with Gasteiger partial charge in [0.1, 0.15) is 11.5 Å². The van der Waals surface area contributed by atoms with Crippen molar-refractivity contribution in [3.63, 3.8) is 0 Å². The number of hydrogen-bond acceptors (Lipinski definition) is 5. The van der Waals surface area contributed by atoms with Crippen LogP contribution in [0.5, 0.6) is 5.75 Å². The number of carbonyl (C=O) groups excluding carboxylic acids is 1. The highest BCUT2D eigenvalue weighted by Gasteiger charge is 2.24. The summed E-state index contributed by atoms with van der Waals surface area (Å²) < 4.78 is 10.8. The van der Waals surface area contributed by atoms with Crippen LogP contribution < -0.4 is 10.1 Å². The highest BCUT2D eigenvalue weighted by Crippen LogP contribution is 2.24. The van der Waals surface area contributed by atoms with Crippen LogP contribution in [0.4, 0.5) is 5.82 Å². The fraction of sp³-hybridized carbons (Fsp3) is 0.105. The molecule has 6 nitrogen and oxygen atoms in total. The molecule has 3 rings (SSSR count). The number of anilines is 1. The predicted molar refractivity (Wildman–Crippen MR) is 90.8 cm³/mol. The van der Waals surface area contributed by atoms with Crippen molar-refractivity contribution >= 4 is 11.7 Å². The maximum Gasteiger partial charge on any atom is 0.271 e. The average molecular weight is 333 g/mol. The van der Waals surface area contributed by atoms with Crippen LogP contribution in [0.25, 0.3) is 0 Å². The van der Waals surface area contributed by atoms with Crippen LogP contribution in [-0.2, 0) is 4.79 Å². The molecule has 25 heavy (non-hydrogen) atoms. The molecule has 1 aromatic heterocycles. The molecule has 0 spiro atoms. The average Bonchev–Trinajstić information content (AvgIpc) is 3.05. The topological polar surface area (TPSA) is 88.1 Å². The fourth-order valence-corrected chi connectivity index (χ4v) is 2.29. The van der Waals surface area contributed by atoms with E-state index < -0.39 is 6.10 Å². The van der Waals surface area contributed by atoms with E-state index in [1.54, 1.807) is 49.4 Å². The molecule has 124 valence electrons. The normalized spacial score (nSPS) is 11.4. The largest absolute Gasteiger partial charge is 0.476 e. The summed E-state index contributed by atoms with van der Waals surface area (Å²) in [5.74, 6) is 0.952. The number of aromatic nitrogens is 1. The number of amides is 1. The summed E-state index contributed by atoms with van der Waals surface area (Å²) in [6.45, 7) is 1.74. The van der Waals surface area contributed by atoms with Gasteiger partial charge >= 0.3 is 0 Å². The standard InChI is InChI=1S/C19H15N3O3/c1-13-10-17(22-25-13)21-19(23)18(15-7-3-2-4-8-15)24-16-9-5-6-14(11-16)12-20/h2-11,18H,1H3,(H,21,22,23). The Hall–Kier alpha value is -3.59. The first kappa shape index (κ1) is 16.3. The van der Waals surface area contributed by atoms with Crippen LogP contribution in [0.3, 0.4) is 0 Å². The smallest absolute Gasteiger partial charge is 0.271 e. The maximum atomic E-state index is 12.7. The van der Waals surface area contributed by atoms with Crippen LogP contribution in [-0.4, -0.2) is 11.1 Å². The van der Waals surface area contributed by atoms with Gasteiger partial charge in [0.25, 0.3) is 5.91 Å². The van der Waals surface area contributed by atoms with Crippen molar-refractivity contribution in [3.05, 3.63) is 77.6 Å². The number of rotatable bonds is 5. The number of nitrogens with zero attached hydrogens (tertiary/aromatic N) is 2. The number of ether oxygens (including phenoxy) is 1. The van der Waals surface area contributed by atoms with Gasteiger partial charge in [0.05, 0.1) is 11.6 Å². The van der Waals surface area contributed by atoms with Gasteiger partial charge in [-0.25, -0.2) is 0 Å². The van der Waals surface area contributed by atoms with Gasteiger partial charge in [-0.2, -0.15) is 5.26 Å². The molecule has 0 saturated heterocycles. The van der Waals surface area contributed by atoms with E-state index >= 15 is 0 Å². The van der Waals surface area contributed by atoms with E-state index in [0.29, 0.717) is 28.5 Å². The van der Waals surface area contributed by atoms with E-state index in [4.69, 9.17) is 14.5 Å². The zero-order chi connectivity index (χ0) is 17.6. The van der Waals surface area contributed by atoms with Crippen molar-refractivity contribution in [1.29, 1.82) is 5.26 Å². The second kappa shape index (κ2) is 7.32. The summed E-state index contributed by atoms with van der Waals surface area (Å²) in [4.78, 5) is 12.7. The van der Waals surface area contributed by atoms with Gasteiger partial charge < -0.3 is 14.6 Å². The Morgan fingerprint density at radius 1 is 1.20 bits per heavy atom. The SMILES string of the molecule is Cc1cc(NC(=O)C(Oc2cccc(C#N)c2)c2ccccc2)no1. The fourth-order valence-electron chi connectivity index (χ4n) is 2.29. The Balaban J connectivity index is 1.87. The monoisotopic (exact) mass is 333 g/mol. The number of nitrogens with one attached hydrogen (secondary N) is 1. The molecule has 6 heteroatoms. The summed E-state index contributed by atoms with van der Waals surface area (Å²) in [6, 6.07) is 19.4. The van der Waals surface area contributed by atoms with Crippen LogP contribution in [0.15, 0.2) is 65.2 Å². The number of hydrogen-bond donors (Lipinski definition) is 1. The first-order chi connectivity index (χ1) is 12.2. The van der Waals surface area contributed by atoms with Crippen LogP contribution >= 0.6 is 0 Å². The molecule has 1 atom stereocenters. The molecule has 0 radical (unpaired) electrons. The lowest BCUT2D eigenvalue weighted by atomic mass is 10.1. The first-order valence-corrected chi connectivity index (χ1v) is 7.61. The highest BCUT2D eigenvalue weighted by atomic mass is 16.5.